The molecule has 0 saturated heterocycles. The summed E-state index contributed by atoms with van der Waals surface area (Å²) in [7, 11) is 0. The number of hydrogen-bond donors (Lipinski definition) is 0. The van der Waals surface area contributed by atoms with Crippen molar-refractivity contribution >= 4 is 5.78 Å². The molecule has 3 heteroatoms. The maximum atomic E-state index is 11.9. The van der Waals surface area contributed by atoms with Crippen LogP contribution in [0.5, 0.6) is 11.5 Å². The molecule has 3 nitrogen and oxygen atoms in total. The van der Waals surface area contributed by atoms with Crippen LogP contribution in [-0.2, 0) is 0 Å². The summed E-state index contributed by atoms with van der Waals surface area (Å²) >= 11 is 0. The predicted molar refractivity (Wildman–Crippen MR) is 72.5 cm³/mol. The Morgan fingerprint density at radius 2 is 1.89 bits per heavy atom. The van der Waals surface area contributed by atoms with Crippen LogP contribution in [0.4, 0.5) is 0 Å². The van der Waals surface area contributed by atoms with Gasteiger partial charge in [0.1, 0.15) is 0 Å². The molecular formula is C15H20O3. The van der Waals surface area contributed by atoms with Gasteiger partial charge in [-0.2, -0.15) is 0 Å². The summed E-state index contributed by atoms with van der Waals surface area (Å²) in [5.74, 6) is 1.40. The van der Waals surface area contributed by atoms with Crippen molar-refractivity contribution in [2.45, 2.75) is 26.7 Å². The van der Waals surface area contributed by atoms with Gasteiger partial charge in [-0.25, -0.2) is 0 Å². The van der Waals surface area contributed by atoms with Crippen LogP contribution in [0.1, 0.15) is 37.0 Å². The number of allylic oxidation sites excluding steroid dienone is 1. The average molecular weight is 248 g/mol. The van der Waals surface area contributed by atoms with E-state index in [1.54, 1.807) is 24.3 Å². The van der Waals surface area contributed by atoms with Crippen molar-refractivity contribution in [3.63, 3.8) is 0 Å². The normalized spacial score (nSPS) is 9.89. The van der Waals surface area contributed by atoms with Crippen LogP contribution in [0.3, 0.4) is 0 Å². The van der Waals surface area contributed by atoms with Gasteiger partial charge in [0.2, 0.25) is 0 Å². The van der Waals surface area contributed by atoms with E-state index in [1.165, 1.54) is 0 Å². The van der Waals surface area contributed by atoms with Crippen molar-refractivity contribution in [3.05, 3.63) is 36.4 Å². The minimum absolute atomic E-state index is 0.0962. The van der Waals surface area contributed by atoms with Gasteiger partial charge in [-0.05, 0) is 38.5 Å². The molecule has 0 N–H and O–H groups in total. The largest absolute Gasteiger partial charge is 0.490 e. The molecule has 0 atom stereocenters. The minimum Gasteiger partial charge on any atom is -0.490 e. The van der Waals surface area contributed by atoms with Gasteiger partial charge < -0.3 is 9.47 Å². The topological polar surface area (TPSA) is 35.5 Å². The van der Waals surface area contributed by atoms with Gasteiger partial charge >= 0.3 is 0 Å². The number of benzene rings is 1. The van der Waals surface area contributed by atoms with E-state index in [9.17, 15) is 4.79 Å². The molecule has 1 aromatic rings. The molecule has 0 unspecified atom stereocenters. The first kappa shape index (κ1) is 14.3. The molecule has 98 valence electrons. The first-order chi connectivity index (χ1) is 8.72. The Kier molecular flexibility index (Phi) is 5.98. The molecule has 0 saturated carbocycles. The second-order valence-corrected chi connectivity index (χ2v) is 3.78. The molecule has 0 aromatic heterocycles. The second kappa shape index (κ2) is 7.54. The summed E-state index contributed by atoms with van der Waals surface area (Å²) in [6, 6.07) is 5.31. The lowest BCUT2D eigenvalue weighted by atomic mass is 10.1. The Morgan fingerprint density at radius 1 is 1.22 bits per heavy atom. The van der Waals surface area contributed by atoms with E-state index in [-0.39, 0.29) is 5.78 Å². The minimum atomic E-state index is 0.0962. The molecule has 0 aliphatic carbocycles. The van der Waals surface area contributed by atoms with Gasteiger partial charge in [0.25, 0.3) is 0 Å². The molecule has 0 amide bonds. The highest BCUT2D eigenvalue weighted by Crippen LogP contribution is 2.29. The molecule has 1 aromatic carbocycles. The fourth-order valence-electron chi connectivity index (χ4n) is 1.60. The van der Waals surface area contributed by atoms with Gasteiger partial charge in [0.05, 0.1) is 13.2 Å². The monoisotopic (exact) mass is 248 g/mol. The second-order valence-electron chi connectivity index (χ2n) is 3.78. The van der Waals surface area contributed by atoms with Gasteiger partial charge in [-0.1, -0.05) is 6.08 Å². The van der Waals surface area contributed by atoms with E-state index in [4.69, 9.17) is 9.47 Å². The zero-order valence-electron chi connectivity index (χ0n) is 11.1. The number of carbonyl (C=O) groups excluding carboxylic acids is 1. The Balaban J connectivity index is 2.90. The van der Waals surface area contributed by atoms with Crippen LogP contribution in [-0.4, -0.2) is 19.0 Å². The molecule has 0 heterocycles. The summed E-state index contributed by atoms with van der Waals surface area (Å²) in [6.07, 6.45) is 2.91. The van der Waals surface area contributed by atoms with Crippen LogP contribution < -0.4 is 9.47 Å². The van der Waals surface area contributed by atoms with E-state index < -0.39 is 0 Å². The van der Waals surface area contributed by atoms with Crippen molar-refractivity contribution in [1.29, 1.82) is 0 Å². The molecule has 0 spiro atoms. The quantitative estimate of drug-likeness (QED) is 0.520. The fraction of sp³-hybridized carbons (Fsp3) is 0.400. The highest BCUT2D eigenvalue weighted by atomic mass is 16.5. The molecule has 18 heavy (non-hydrogen) atoms. The van der Waals surface area contributed by atoms with Crippen LogP contribution in [0, 0.1) is 0 Å². The number of carbonyl (C=O) groups is 1. The van der Waals surface area contributed by atoms with Crippen molar-refractivity contribution < 1.29 is 14.3 Å². The first-order valence-electron chi connectivity index (χ1n) is 6.26. The molecule has 0 radical (unpaired) electrons. The van der Waals surface area contributed by atoms with Crippen LogP contribution >= 0.6 is 0 Å². The Morgan fingerprint density at radius 3 is 2.50 bits per heavy atom. The van der Waals surface area contributed by atoms with E-state index in [0.717, 1.165) is 0 Å². The number of ether oxygens (including phenoxy) is 2. The maximum Gasteiger partial charge on any atom is 0.163 e. The third kappa shape index (κ3) is 3.91. The van der Waals surface area contributed by atoms with Crippen LogP contribution in [0.15, 0.2) is 30.9 Å². The van der Waals surface area contributed by atoms with Crippen molar-refractivity contribution in [2.24, 2.45) is 0 Å². The Bertz CT molecular complexity index is 410. The average Bonchev–Trinajstić information content (AvgIpc) is 2.38. The molecule has 0 aliphatic rings. The molecular weight excluding hydrogens is 228 g/mol. The number of ketones is 1. The lowest BCUT2D eigenvalue weighted by molar-refractivity contribution is 0.0983. The highest BCUT2D eigenvalue weighted by molar-refractivity contribution is 5.96. The van der Waals surface area contributed by atoms with E-state index in [2.05, 4.69) is 6.58 Å². The summed E-state index contributed by atoms with van der Waals surface area (Å²) in [5, 5.41) is 0. The van der Waals surface area contributed by atoms with Gasteiger partial charge in [-0.3, -0.25) is 4.79 Å². The SMILES string of the molecule is C=CCCC(=O)c1ccc(OCC)c(OCC)c1. The fourth-order valence-corrected chi connectivity index (χ4v) is 1.60. The van der Waals surface area contributed by atoms with Gasteiger partial charge in [0.15, 0.2) is 17.3 Å². The lowest BCUT2D eigenvalue weighted by Crippen LogP contribution is -2.02. The highest BCUT2D eigenvalue weighted by Gasteiger charge is 2.10. The first-order valence-corrected chi connectivity index (χ1v) is 6.26. The van der Waals surface area contributed by atoms with Crippen molar-refractivity contribution in [1.82, 2.24) is 0 Å². The summed E-state index contributed by atoms with van der Waals surface area (Å²) in [4.78, 5) is 11.9. The smallest absolute Gasteiger partial charge is 0.163 e. The lowest BCUT2D eigenvalue weighted by Gasteiger charge is -2.11. The van der Waals surface area contributed by atoms with Gasteiger partial charge in [-0.15, -0.1) is 6.58 Å². The maximum absolute atomic E-state index is 11.9. The van der Waals surface area contributed by atoms with Crippen molar-refractivity contribution in [3.8, 4) is 11.5 Å². The molecule has 0 fully saturated rings. The Labute approximate surface area is 108 Å². The van der Waals surface area contributed by atoms with E-state index in [0.29, 0.717) is 43.1 Å². The van der Waals surface area contributed by atoms with E-state index in [1.807, 2.05) is 13.8 Å². The van der Waals surface area contributed by atoms with E-state index >= 15 is 0 Å². The standard InChI is InChI=1S/C15H20O3/c1-4-7-8-13(16)12-9-10-14(17-5-2)15(11-12)18-6-3/h4,9-11H,1,5-8H2,2-3H3. The zero-order chi connectivity index (χ0) is 13.4. The number of hydrogen-bond acceptors (Lipinski definition) is 3. The number of rotatable bonds is 8. The zero-order valence-corrected chi connectivity index (χ0v) is 11.1. The Hall–Kier alpha value is -1.77. The predicted octanol–water partition coefficient (Wildman–Crippen LogP) is 3.63. The van der Waals surface area contributed by atoms with Gasteiger partial charge in [0, 0.05) is 12.0 Å². The molecule has 1 rings (SSSR count). The third-order valence-electron chi connectivity index (χ3n) is 2.44. The van der Waals surface area contributed by atoms with Crippen LogP contribution in [0.2, 0.25) is 0 Å². The summed E-state index contributed by atoms with van der Waals surface area (Å²) in [5.41, 5.74) is 0.656. The molecule has 0 aliphatic heterocycles. The summed E-state index contributed by atoms with van der Waals surface area (Å²) < 4.78 is 10.9. The van der Waals surface area contributed by atoms with Crippen LogP contribution in [0.25, 0.3) is 0 Å². The van der Waals surface area contributed by atoms with Crippen molar-refractivity contribution in [2.75, 3.05) is 13.2 Å². The number of Topliss-reactive ketones (excluding diaryl/α,β-unsaturated/α-hetero) is 1. The molecule has 0 bridgehead atoms. The summed E-state index contributed by atoms with van der Waals surface area (Å²) in [6.45, 7) is 8.55. The third-order valence-corrected chi connectivity index (χ3v) is 2.44.